The first kappa shape index (κ1) is 14.4. The van der Waals surface area contributed by atoms with Gasteiger partial charge in [-0.15, -0.1) is 0 Å². The van der Waals surface area contributed by atoms with Crippen molar-refractivity contribution in [3.8, 4) is 0 Å². The van der Waals surface area contributed by atoms with E-state index in [0.717, 1.165) is 37.9 Å². The summed E-state index contributed by atoms with van der Waals surface area (Å²) in [6.45, 7) is 1.58. The number of likely N-dealkylation sites (tertiary alicyclic amines) is 1. The maximum absolute atomic E-state index is 13.3. The van der Waals surface area contributed by atoms with Crippen LogP contribution in [-0.2, 0) is 4.79 Å². The number of amides is 1. The molecule has 2 heterocycles. The smallest absolute Gasteiger partial charge is 0.226 e. The summed E-state index contributed by atoms with van der Waals surface area (Å²) >= 11 is 0. The molecule has 23 heavy (non-hydrogen) atoms. The lowest BCUT2D eigenvalue weighted by atomic mass is 10.0. The number of aromatic nitrogens is 2. The predicted molar refractivity (Wildman–Crippen MR) is 84.3 cm³/mol. The number of carbonyl (C=O) groups is 1. The van der Waals surface area contributed by atoms with E-state index in [1.807, 2.05) is 23.5 Å². The van der Waals surface area contributed by atoms with Gasteiger partial charge in [-0.2, -0.15) is 0 Å². The van der Waals surface area contributed by atoms with Crippen LogP contribution < -0.4 is 0 Å². The topological polar surface area (TPSA) is 38.1 Å². The quantitative estimate of drug-likeness (QED) is 0.874. The lowest BCUT2D eigenvalue weighted by Crippen LogP contribution is -2.41. The highest BCUT2D eigenvalue weighted by Gasteiger charge is 2.46. The molecule has 1 aromatic heterocycles. The second-order valence-electron chi connectivity index (χ2n) is 6.59. The summed E-state index contributed by atoms with van der Waals surface area (Å²) in [6.07, 6.45) is 8.51. The monoisotopic (exact) mass is 313 g/mol. The highest BCUT2D eigenvalue weighted by atomic mass is 19.1. The number of piperidine rings is 1. The van der Waals surface area contributed by atoms with Crippen LogP contribution in [0.1, 0.15) is 36.8 Å². The zero-order valence-corrected chi connectivity index (χ0v) is 12.9. The molecular formula is C18H20FN3O. The Bertz CT molecular complexity index is 700. The summed E-state index contributed by atoms with van der Waals surface area (Å²) in [4.78, 5) is 18.8. The van der Waals surface area contributed by atoms with Crippen molar-refractivity contribution in [1.29, 1.82) is 0 Å². The number of hydrogen-bond donors (Lipinski definition) is 0. The van der Waals surface area contributed by atoms with Crippen molar-refractivity contribution in [2.75, 3.05) is 13.1 Å². The van der Waals surface area contributed by atoms with Crippen molar-refractivity contribution >= 4 is 5.91 Å². The average molecular weight is 313 g/mol. The van der Waals surface area contributed by atoms with E-state index in [2.05, 4.69) is 9.55 Å². The zero-order chi connectivity index (χ0) is 15.8. The number of nitrogens with zero attached hydrogens (tertiary/aromatic N) is 3. The number of carbonyl (C=O) groups excluding carboxylic acids is 1. The largest absolute Gasteiger partial charge is 0.340 e. The normalized spacial score (nSPS) is 27.0. The van der Waals surface area contributed by atoms with Crippen molar-refractivity contribution in [2.24, 2.45) is 5.92 Å². The summed E-state index contributed by atoms with van der Waals surface area (Å²) < 4.78 is 15.4. The minimum Gasteiger partial charge on any atom is -0.340 e. The van der Waals surface area contributed by atoms with E-state index >= 15 is 0 Å². The molecule has 5 heteroatoms. The molecule has 2 aliphatic rings. The summed E-state index contributed by atoms with van der Waals surface area (Å²) in [5, 5.41) is 0. The second-order valence-corrected chi connectivity index (χ2v) is 6.59. The van der Waals surface area contributed by atoms with Gasteiger partial charge in [0, 0.05) is 31.4 Å². The van der Waals surface area contributed by atoms with Gasteiger partial charge in [0.2, 0.25) is 5.91 Å². The highest BCUT2D eigenvalue weighted by molar-refractivity contribution is 5.83. The molecule has 120 valence electrons. The Morgan fingerprint density at radius 3 is 3.04 bits per heavy atom. The number of halogens is 1. The van der Waals surface area contributed by atoms with Crippen LogP contribution >= 0.6 is 0 Å². The van der Waals surface area contributed by atoms with Crippen LogP contribution in [-0.4, -0.2) is 33.4 Å². The minimum atomic E-state index is -0.223. The molecule has 1 aliphatic heterocycles. The van der Waals surface area contributed by atoms with Crippen molar-refractivity contribution in [3.63, 3.8) is 0 Å². The van der Waals surface area contributed by atoms with E-state index < -0.39 is 0 Å². The van der Waals surface area contributed by atoms with E-state index in [9.17, 15) is 9.18 Å². The molecule has 0 N–H and O–H groups in total. The van der Waals surface area contributed by atoms with Crippen LogP contribution in [0.25, 0.3) is 0 Å². The standard InChI is InChI=1S/C18H20FN3O/c19-14-4-1-3-13(9-14)16-10-17(16)18(23)21-7-2-5-15(11-21)22-8-6-20-12-22/h1,3-4,6,8-9,12,15-17H,2,5,7,10-11H2/t15-,16-,17-/m1/s1. The molecule has 0 spiro atoms. The van der Waals surface area contributed by atoms with Gasteiger partial charge < -0.3 is 9.47 Å². The molecule has 2 aromatic rings. The van der Waals surface area contributed by atoms with E-state index in [1.54, 1.807) is 18.3 Å². The van der Waals surface area contributed by atoms with Crippen molar-refractivity contribution in [2.45, 2.75) is 31.2 Å². The molecule has 4 rings (SSSR count). The third-order valence-corrected chi connectivity index (χ3v) is 5.04. The summed E-state index contributed by atoms with van der Waals surface area (Å²) in [5.41, 5.74) is 0.950. The molecule has 1 saturated heterocycles. The van der Waals surface area contributed by atoms with Crippen LogP contribution in [0.4, 0.5) is 4.39 Å². The first-order chi connectivity index (χ1) is 11.2. The molecule has 0 unspecified atom stereocenters. The molecule has 1 amide bonds. The van der Waals surface area contributed by atoms with Gasteiger partial charge in [-0.25, -0.2) is 9.37 Å². The number of imidazole rings is 1. The predicted octanol–water partition coefficient (Wildman–Crippen LogP) is 2.99. The van der Waals surface area contributed by atoms with Crippen LogP contribution in [0.3, 0.4) is 0 Å². The summed E-state index contributed by atoms with van der Waals surface area (Å²) in [7, 11) is 0. The van der Waals surface area contributed by atoms with E-state index in [4.69, 9.17) is 0 Å². The third-order valence-electron chi connectivity index (χ3n) is 5.04. The van der Waals surface area contributed by atoms with Crippen LogP contribution in [0, 0.1) is 11.7 Å². The maximum atomic E-state index is 13.3. The molecular weight excluding hydrogens is 293 g/mol. The Balaban J connectivity index is 1.42. The Morgan fingerprint density at radius 1 is 1.35 bits per heavy atom. The van der Waals surface area contributed by atoms with Crippen LogP contribution in [0.15, 0.2) is 43.0 Å². The first-order valence-electron chi connectivity index (χ1n) is 8.24. The molecule has 1 saturated carbocycles. The van der Waals surface area contributed by atoms with E-state index in [-0.39, 0.29) is 23.6 Å². The first-order valence-corrected chi connectivity index (χ1v) is 8.24. The number of benzene rings is 1. The molecule has 4 nitrogen and oxygen atoms in total. The molecule has 1 aliphatic carbocycles. The second kappa shape index (κ2) is 5.80. The van der Waals surface area contributed by atoms with Crippen molar-refractivity contribution in [3.05, 3.63) is 54.4 Å². The average Bonchev–Trinajstić information content (AvgIpc) is 3.19. The van der Waals surface area contributed by atoms with E-state index in [0.29, 0.717) is 6.04 Å². The minimum absolute atomic E-state index is 0.0262. The fourth-order valence-corrected chi connectivity index (χ4v) is 3.69. The van der Waals surface area contributed by atoms with Gasteiger partial charge in [0.05, 0.1) is 12.4 Å². The van der Waals surface area contributed by atoms with E-state index in [1.165, 1.54) is 6.07 Å². The maximum Gasteiger partial charge on any atom is 0.226 e. The van der Waals surface area contributed by atoms with Gasteiger partial charge in [0.15, 0.2) is 0 Å². The molecule has 0 bridgehead atoms. The fourth-order valence-electron chi connectivity index (χ4n) is 3.69. The summed E-state index contributed by atoms with van der Waals surface area (Å²) in [6, 6.07) is 6.97. The Morgan fingerprint density at radius 2 is 2.26 bits per heavy atom. The van der Waals surface area contributed by atoms with Gasteiger partial charge in [-0.3, -0.25) is 4.79 Å². The van der Waals surface area contributed by atoms with Crippen molar-refractivity contribution in [1.82, 2.24) is 14.5 Å². The number of hydrogen-bond acceptors (Lipinski definition) is 2. The summed E-state index contributed by atoms with van der Waals surface area (Å²) in [5.74, 6) is 0.216. The van der Waals surface area contributed by atoms with Crippen molar-refractivity contribution < 1.29 is 9.18 Å². The van der Waals surface area contributed by atoms with Gasteiger partial charge in [-0.1, -0.05) is 12.1 Å². The Labute approximate surface area is 134 Å². The fraction of sp³-hybridized carbons (Fsp3) is 0.444. The highest BCUT2D eigenvalue weighted by Crippen LogP contribution is 2.48. The van der Waals surface area contributed by atoms with Crippen LogP contribution in [0.2, 0.25) is 0 Å². The van der Waals surface area contributed by atoms with Gasteiger partial charge in [-0.05, 0) is 42.9 Å². The lowest BCUT2D eigenvalue weighted by molar-refractivity contribution is -0.134. The molecule has 2 fully saturated rings. The Hall–Kier alpha value is -2.17. The van der Waals surface area contributed by atoms with Gasteiger partial charge in [0.1, 0.15) is 5.82 Å². The molecule has 0 radical (unpaired) electrons. The molecule has 1 aromatic carbocycles. The third kappa shape index (κ3) is 2.87. The zero-order valence-electron chi connectivity index (χ0n) is 12.9. The SMILES string of the molecule is O=C([C@@H]1C[C@@H]1c1cccc(F)c1)N1CCC[C@@H](n2ccnc2)C1. The van der Waals surface area contributed by atoms with Gasteiger partial charge in [0.25, 0.3) is 0 Å². The number of rotatable bonds is 3. The van der Waals surface area contributed by atoms with Crippen LogP contribution in [0.5, 0.6) is 0 Å². The Kier molecular flexibility index (Phi) is 3.63. The lowest BCUT2D eigenvalue weighted by Gasteiger charge is -2.33. The van der Waals surface area contributed by atoms with Gasteiger partial charge >= 0.3 is 0 Å². The molecule has 3 atom stereocenters.